The van der Waals surface area contributed by atoms with Gasteiger partial charge in [0.05, 0.1) is 6.10 Å². The highest BCUT2D eigenvalue weighted by Crippen LogP contribution is 2.32. The van der Waals surface area contributed by atoms with E-state index in [1.54, 1.807) is 0 Å². The lowest BCUT2D eigenvalue weighted by atomic mass is 9.79. The van der Waals surface area contributed by atoms with Crippen molar-refractivity contribution in [3.05, 3.63) is 0 Å². The topological polar surface area (TPSA) is 24.5 Å². The Morgan fingerprint density at radius 2 is 1.86 bits per heavy atom. The van der Waals surface area contributed by atoms with Crippen molar-refractivity contribution in [1.29, 1.82) is 0 Å². The maximum Gasteiger partial charge on any atom is 0.0670 e. The minimum Gasteiger partial charge on any atom is -0.380 e. The van der Waals surface area contributed by atoms with Gasteiger partial charge in [-0.15, -0.1) is 0 Å². The van der Waals surface area contributed by atoms with Crippen LogP contribution >= 0.6 is 0 Å². The van der Waals surface area contributed by atoms with Crippen LogP contribution in [-0.2, 0) is 4.74 Å². The van der Waals surface area contributed by atoms with Crippen LogP contribution in [0.15, 0.2) is 0 Å². The Hall–Kier alpha value is -0.120. The van der Waals surface area contributed by atoms with Crippen molar-refractivity contribution in [2.75, 3.05) is 26.7 Å². The molecule has 1 aliphatic carbocycles. The monoisotopic (exact) mass is 296 g/mol. The number of hydrogen-bond acceptors (Lipinski definition) is 3. The summed E-state index contributed by atoms with van der Waals surface area (Å²) in [6.45, 7) is 12.6. The number of rotatable bonds is 4. The first-order valence-electron chi connectivity index (χ1n) is 8.92. The van der Waals surface area contributed by atoms with Crippen LogP contribution in [0.4, 0.5) is 0 Å². The Morgan fingerprint density at radius 1 is 1.19 bits per heavy atom. The van der Waals surface area contributed by atoms with Crippen molar-refractivity contribution in [2.45, 2.75) is 78.0 Å². The molecule has 21 heavy (non-hydrogen) atoms. The molecule has 1 saturated carbocycles. The molecule has 2 aliphatic rings. The minimum atomic E-state index is 0.325. The van der Waals surface area contributed by atoms with E-state index in [0.29, 0.717) is 23.6 Å². The molecule has 0 spiro atoms. The quantitative estimate of drug-likeness (QED) is 0.861. The van der Waals surface area contributed by atoms with E-state index in [4.69, 9.17) is 4.74 Å². The lowest BCUT2D eigenvalue weighted by Gasteiger charge is -2.48. The van der Waals surface area contributed by atoms with Gasteiger partial charge in [-0.05, 0) is 31.1 Å². The van der Waals surface area contributed by atoms with Gasteiger partial charge in [-0.2, -0.15) is 0 Å². The summed E-state index contributed by atoms with van der Waals surface area (Å²) in [7, 11) is 1.84. The zero-order chi connectivity index (χ0) is 15.5. The van der Waals surface area contributed by atoms with E-state index >= 15 is 0 Å². The van der Waals surface area contributed by atoms with Gasteiger partial charge in [-0.3, -0.25) is 4.90 Å². The summed E-state index contributed by atoms with van der Waals surface area (Å²) in [5.74, 6) is 0.885. The molecule has 0 bridgehead atoms. The summed E-state index contributed by atoms with van der Waals surface area (Å²) in [5, 5.41) is 3.85. The Labute approximate surface area is 131 Å². The van der Waals surface area contributed by atoms with Crippen LogP contribution in [0.25, 0.3) is 0 Å². The molecule has 2 rings (SSSR count). The van der Waals surface area contributed by atoms with Gasteiger partial charge in [0, 0.05) is 38.8 Å². The fraction of sp³-hybridized carbons (Fsp3) is 1.00. The van der Waals surface area contributed by atoms with Gasteiger partial charge in [-0.25, -0.2) is 0 Å². The normalized spacial score (nSPS) is 31.3. The van der Waals surface area contributed by atoms with Crippen molar-refractivity contribution in [3.8, 4) is 0 Å². The van der Waals surface area contributed by atoms with Crippen LogP contribution in [0.2, 0.25) is 0 Å². The lowest BCUT2D eigenvalue weighted by Crippen LogP contribution is -2.63. The Kier molecular flexibility index (Phi) is 6.10. The second-order valence-electron chi connectivity index (χ2n) is 8.29. The largest absolute Gasteiger partial charge is 0.380 e. The van der Waals surface area contributed by atoms with Gasteiger partial charge >= 0.3 is 0 Å². The summed E-state index contributed by atoms with van der Waals surface area (Å²) in [5.41, 5.74) is 0.325. The highest BCUT2D eigenvalue weighted by molar-refractivity contribution is 4.95. The summed E-state index contributed by atoms with van der Waals surface area (Å²) in [4.78, 5) is 2.73. The molecule has 0 aromatic carbocycles. The molecule has 0 amide bonds. The van der Waals surface area contributed by atoms with E-state index in [-0.39, 0.29) is 0 Å². The molecule has 3 nitrogen and oxygen atoms in total. The van der Waals surface area contributed by atoms with Crippen LogP contribution in [-0.4, -0.2) is 49.8 Å². The van der Waals surface area contributed by atoms with Crippen molar-refractivity contribution < 1.29 is 4.74 Å². The average Bonchev–Trinajstić information content (AvgIpc) is 2.47. The standard InChI is InChI=1S/C18H36N2O/c1-14(21-5)12-20-13-17(18(2,3)4)19-11-16(20)15-9-7-6-8-10-15/h14-17,19H,6-13H2,1-5H3. The molecule has 0 aromatic rings. The van der Waals surface area contributed by atoms with Gasteiger partial charge < -0.3 is 10.1 Å². The molecule has 0 aromatic heterocycles. The van der Waals surface area contributed by atoms with Crippen LogP contribution < -0.4 is 5.32 Å². The van der Waals surface area contributed by atoms with Crippen LogP contribution in [0.5, 0.6) is 0 Å². The Morgan fingerprint density at radius 3 is 2.43 bits per heavy atom. The fourth-order valence-corrected chi connectivity index (χ4v) is 4.01. The van der Waals surface area contributed by atoms with Crippen LogP contribution in [0.3, 0.4) is 0 Å². The van der Waals surface area contributed by atoms with Gasteiger partial charge in [0.1, 0.15) is 0 Å². The summed E-state index contributed by atoms with van der Waals surface area (Å²) in [6, 6.07) is 1.29. The number of nitrogens with one attached hydrogen (secondary N) is 1. The average molecular weight is 296 g/mol. The number of hydrogen-bond donors (Lipinski definition) is 1. The van der Waals surface area contributed by atoms with Gasteiger partial charge in [-0.1, -0.05) is 40.0 Å². The maximum atomic E-state index is 5.55. The fourth-order valence-electron chi connectivity index (χ4n) is 4.01. The third kappa shape index (κ3) is 4.67. The third-order valence-corrected chi connectivity index (χ3v) is 5.59. The number of nitrogens with zero attached hydrogens (tertiary/aromatic N) is 1. The second-order valence-corrected chi connectivity index (χ2v) is 8.29. The molecule has 124 valence electrons. The summed E-state index contributed by atoms with van der Waals surface area (Å²) in [6.07, 6.45) is 7.47. The smallest absolute Gasteiger partial charge is 0.0670 e. The van der Waals surface area contributed by atoms with E-state index in [0.717, 1.165) is 19.0 Å². The molecule has 3 unspecified atom stereocenters. The van der Waals surface area contributed by atoms with E-state index in [2.05, 4.69) is 37.9 Å². The molecular formula is C18H36N2O. The van der Waals surface area contributed by atoms with E-state index in [1.807, 2.05) is 7.11 Å². The molecule has 2 fully saturated rings. The van der Waals surface area contributed by atoms with E-state index < -0.39 is 0 Å². The van der Waals surface area contributed by atoms with Crippen LogP contribution in [0.1, 0.15) is 59.8 Å². The van der Waals surface area contributed by atoms with E-state index in [9.17, 15) is 0 Å². The molecule has 1 aliphatic heterocycles. The first kappa shape index (κ1) is 17.2. The molecule has 1 N–H and O–H groups in total. The van der Waals surface area contributed by atoms with Crippen molar-refractivity contribution in [2.24, 2.45) is 11.3 Å². The molecule has 3 heteroatoms. The highest BCUT2D eigenvalue weighted by Gasteiger charge is 2.37. The number of methoxy groups -OCH3 is 1. The zero-order valence-corrected chi connectivity index (χ0v) is 14.8. The minimum absolute atomic E-state index is 0.325. The van der Waals surface area contributed by atoms with E-state index in [1.165, 1.54) is 38.6 Å². The second kappa shape index (κ2) is 7.43. The SMILES string of the molecule is COC(C)CN1CC(C(C)(C)C)NCC1C1CCCCC1. The van der Waals surface area contributed by atoms with Crippen molar-refractivity contribution in [1.82, 2.24) is 10.2 Å². The van der Waals surface area contributed by atoms with Gasteiger partial charge in [0.2, 0.25) is 0 Å². The first-order chi connectivity index (χ1) is 9.91. The van der Waals surface area contributed by atoms with Crippen LogP contribution in [0, 0.1) is 11.3 Å². The van der Waals surface area contributed by atoms with Crippen molar-refractivity contribution in [3.63, 3.8) is 0 Å². The van der Waals surface area contributed by atoms with Gasteiger partial charge in [0.25, 0.3) is 0 Å². The third-order valence-electron chi connectivity index (χ3n) is 5.59. The predicted molar refractivity (Wildman–Crippen MR) is 89.7 cm³/mol. The molecule has 1 saturated heterocycles. The zero-order valence-electron chi connectivity index (χ0n) is 14.8. The lowest BCUT2D eigenvalue weighted by molar-refractivity contribution is 0.00238. The van der Waals surface area contributed by atoms with Gasteiger partial charge in [0.15, 0.2) is 0 Å². The Bertz CT molecular complexity index is 307. The predicted octanol–water partition coefficient (Wildman–Crippen LogP) is 3.29. The molecule has 1 heterocycles. The number of ether oxygens (including phenoxy) is 1. The molecule has 3 atom stereocenters. The maximum absolute atomic E-state index is 5.55. The number of piperazine rings is 1. The molecule has 0 radical (unpaired) electrons. The first-order valence-corrected chi connectivity index (χ1v) is 8.92. The summed E-state index contributed by atoms with van der Waals surface area (Å²) >= 11 is 0. The highest BCUT2D eigenvalue weighted by atomic mass is 16.5. The Balaban J connectivity index is 2.04. The molecular weight excluding hydrogens is 260 g/mol. The van der Waals surface area contributed by atoms with Crippen molar-refractivity contribution >= 4 is 0 Å². The summed E-state index contributed by atoms with van der Waals surface area (Å²) < 4.78 is 5.55.